The first-order valence-corrected chi connectivity index (χ1v) is 6.29. The number of aromatic nitrogens is 4. The predicted molar refractivity (Wildman–Crippen MR) is 75.8 cm³/mol. The van der Waals surface area contributed by atoms with Crippen molar-refractivity contribution < 1.29 is 0 Å². The smallest absolute Gasteiger partial charge is 0.113 e. The molecule has 3 aromatic rings. The van der Waals surface area contributed by atoms with Gasteiger partial charge in [0.2, 0.25) is 0 Å². The standard InChI is InChI=1S/C14H17N5/c1-14(2,7-15)13-16-6-12(19-13)9-3-4-10-11(5-9)18-8-17-10/h3-6,8H,7,15H2,1-2H3,(H,16,19)(H,17,18). The molecule has 0 aliphatic heterocycles. The molecular formula is C14H17N5. The lowest BCUT2D eigenvalue weighted by Crippen LogP contribution is -2.29. The van der Waals surface area contributed by atoms with Gasteiger partial charge in [-0.1, -0.05) is 19.9 Å². The Bertz CT molecular complexity index is 707. The number of fused-ring (bicyclic) bond motifs is 1. The molecule has 0 saturated heterocycles. The monoisotopic (exact) mass is 255 g/mol. The highest BCUT2D eigenvalue weighted by molar-refractivity contribution is 5.80. The molecule has 0 radical (unpaired) electrons. The number of nitrogens with two attached hydrogens (primary N) is 1. The minimum absolute atomic E-state index is 0.143. The molecule has 0 saturated carbocycles. The number of nitrogens with zero attached hydrogens (tertiary/aromatic N) is 2. The van der Waals surface area contributed by atoms with Gasteiger partial charge in [-0.3, -0.25) is 0 Å². The molecule has 1 aromatic carbocycles. The SMILES string of the molecule is CC(C)(CN)c1ncc(-c2ccc3nc[nH]c3c2)[nH]1. The number of hydrogen-bond acceptors (Lipinski definition) is 3. The second-order valence-electron chi connectivity index (χ2n) is 5.37. The summed E-state index contributed by atoms with van der Waals surface area (Å²) in [6, 6.07) is 6.10. The zero-order chi connectivity index (χ0) is 13.5. The van der Waals surface area contributed by atoms with E-state index in [-0.39, 0.29) is 5.41 Å². The van der Waals surface area contributed by atoms with Crippen molar-refractivity contribution in [1.29, 1.82) is 0 Å². The Labute approximate surface area is 111 Å². The third-order valence-electron chi connectivity index (χ3n) is 3.46. The summed E-state index contributed by atoms with van der Waals surface area (Å²) in [7, 11) is 0. The van der Waals surface area contributed by atoms with Crippen LogP contribution < -0.4 is 5.73 Å². The largest absolute Gasteiger partial charge is 0.345 e. The highest BCUT2D eigenvalue weighted by Gasteiger charge is 2.22. The molecule has 0 bridgehead atoms. The molecule has 2 aromatic heterocycles. The van der Waals surface area contributed by atoms with Gasteiger partial charge >= 0.3 is 0 Å². The van der Waals surface area contributed by atoms with Crippen molar-refractivity contribution in [3.05, 3.63) is 36.5 Å². The summed E-state index contributed by atoms with van der Waals surface area (Å²) in [6.07, 6.45) is 3.55. The van der Waals surface area contributed by atoms with Gasteiger partial charge in [-0.2, -0.15) is 0 Å². The van der Waals surface area contributed by atoms with Gasteiger partial charge in [0, 0.05) is 17.5 Å². The Morgan fingerprint density at radius 3 is 2.89 bits per heavy atom. The molecule has 0 spiro atoms. The zero-order valence-corrected chi connectivity index (χ0v) is 11.1. The van der Waals surface area contributed by atoms with Gasteiger partial charge in [-0.25, -0.2) is 9.97 Å². The Morgan fingerprint density at radius 2 is 2.11 bits per heavy atom. The lowest BCUT2D eigenvalue weighted by atomic mass is 9.93. The summed E-state index contributed by atoms with van der Waals surface area (Å²) in [6.45, 7) is 4.71. The summed E-state index contributed by atoms with van der Waals surface area (Å²) in [5, 5.41) is 0. The van der Waals surface area contributed by atoms with Crippen LogP contribution in [-0.2, 0) is 5.41 Å². The van der Waals surface area contributed by atoms with Gasteiger partial charge in [0.1, 0.15) is 5.82 Å². The fourth-order valence-electron chi connectivity index (χ4n) is 2.01. The van der Waals surface area contributed by atoms with Crippen molar-refractivity contribution in [3.63, 3.8) is 0 Å². The van der Waals surface area contributed by atoms with Crippen molar-refractivity contribution in [2.24, 2.45) is 5.73 Å². The quantitative estimate of drug-likeness (QED) is 0.670. The lowest BCUT2D eigenvalue weighted by Gasteiger charge is -2.18. The van der Waals surface area contributed by atoms with E-state index in [9.17, 15) is 0 Å². The van der Waals surface area contributed by atoms with E-state index in [1.807, 2.05) is 18.3 Å². The number of rotatable bonds is 3. The highest BCUT2D eigenvalue weighted by Crippen LogP contribution is 2.25. The summed E-state index contributed by atoms with van der Waals surface area (Å²) in [5.41, 5.74) is 9.69. The Morgan fingerprint density at radius 1 is 1.26 bits per heavy atom. The molecule has 2 heterocycles. The van der Waals surface area contributed by atoms with Crippen LogP contribution in [0.5, 0.6) is 0 Å². The van der Waals surface area contributed by atoms with Crippen molar-refractivity contribution in [2.75, 3.05) is 6.54 Å². The average molecular weight is 255 g/mol. The van der Waals surface area contributed by atoms with Crippen LogP contribution in [0.2, 0.25) is 0 Å². The van der Waals surface area contributed by atoms with Gasteiger partial charge in [0.25, 0.3) is 0 Å². The van der Waals surface area contributed by atoms with Crippen molar-refractivity contribution in [3.8, 4) is 11.3 Å². The molecule has 0 fully saturated rings. The fourth-order valence-corrected chi connectivity index (χ4v) is 2.01. The molecule has 5 heteroatoms. The molecule has 19 heavy (non-hydrogen) atoms. The van der Waals surface area contributed by atoms with Gasteiger partial charge < -0.3 is 15.7 Å². The van der Waals surface area contributed by atoms with E-state index in [4.69, 9.17) is 5.73 Å². The van der Waals surface area contributed by atoms with Gasteiger partial charge in [0.05, 0.1) is 29.3 Å². The number of imidazole rings is 2. The van der Waals surface area contributed by atoms with E-state index in [2.05, 4.69) is 39.8 Å². The molecule has 5 nitrogen and oxygen atoms in total. The van der Waals surface area contributed by atoms with Crippen LogP contribution in [0, 0.1) is 0 Å². The number of H-pyrrole nitrogens is 2. The first-order chi connectivity index (χ1) is 9.10. The average Bonchev–Trinajstić information content (AvgIpc) is 3.06. The molecule has 0 amide bonds. The molecule has 0 aliphatic carbocycles. The second-order valence-corrected chi connectivity index (χ2v) is 5.37. The molecule has 3 rings (SSSR count). The number of aromatic amines is 2. The topological polar surface area (TPSA) is 83.4 Å². The second kappa shape index (κ2) is 4.20. The van der Waals surface area contributed by atoms with Gasteiger partial charge in [-0.15, -0.1) is 0 Å². The minimum Gasteiger partial charge on any atom is -0.345 e. The first-order valence-electron chi connectivity index (χ1n) is 6.29. The number of nitrogens with one attached hydrogen (secondary N) is 2. The molecule has 98 valence electrons. The lowest BCUT2D eigenvalue weighted by molar-refractivity contribution is 0.508. The Balaban J connectivity index is 2.02. The van der Waals surface area contributed by atoms with Crippen LogP contribution in [0.4, 0.5) is 0 Å². The van der Waals surface area contributed by atoms with E-state index in [0.29, 0.717) is 6.54 Å². The molecule has 4 N–H and O–H groups in total. The van der Waals surface area contributed by atoms with Crippen LogP contribution in [0.3, 0.4) is 0 Å². The molecular weight excluding hydrogens is 238 g/mol. The van der Waals surface area contributed by atoms with Crippen molar-refractivity contribution in [2.45, 2.75) is 19.3 Å². The zero-order valence-electron chi connectivity index (χ0n) is 11.1. The summed E-state index contributed by atoms with van der Waals surface area (Å²) in [4.78, 5) is 15.1. The van der Waals surface area contributed by atoms with E-state index in [0.717, 1.165) is 28.1 Å². The van der Waals surface area contributed by atoms with Crippen molar-refractivity contribution in [1.82, 2.24) is 19.9 Å². The van der Waals surface area contributed by atoms with Crippen LogP contribution in [0.1, 0.15) is 19.7 Å². The summed E-state index contributed by atoms with van der Waals surface area (Å²) in [5.74, 6) is 0.912. The van der Waals surface area contributed by atoms with Crippen molar-refractivity contribution >= 4 is 11.0 Å². The third-order valence-corrected chi connectivity index (χ3v) is 3.46. The number of hydrogen-bond donors (Lipinski definition) is 3. The molecule has 0 aliphatic rings. The van der Waals surface area contributed by atoms with Crippen LogP contribution in [0.25, 0.3) is 22.3 Å². The van der Waals surface area contributed by atoms with Crippen LogP contribution >= 0.6 is 0 Å². The summed E-state index contributed by atoms with van der Waals surface area (Å²) < 4.78 is 0. The van der Waals surface area contributed by atoms with Crippen LogP contribution in [-0.4, -0.2) is 26.5 Å². The van der Waals surface area contributed by atoms with E-state index >= 15 is 0 Å². The predicted octanol–water partition coefficient (Wildman–Crippen LogP) is 2.19. The van der Waals surface area contributed by atoms with Gasteiger partial charge in [-0.05, 0) is 12.1 Å². The van der Waals surface area contributed by atoms with Gasteiger partial charge in [0.15, 0.2) is 0 Å². The minimum atomic E-state index is -0.143. The fraction of sp³-hybridized carbons (Fsp3) is 0.286. The highest BCUT2D eigenvalue weighted by atomic mass is 14.9. The Hall–Kier alpha value is -2.14. The molecule has 0 unspecified atom stereocenters. The maximum atomic E-state index is 5.77. The van der Waals surface area contributed by atoms with Crippen LogP contribution in [0.15, 0.2) is 30.7 Å². The van der Waals surface area contributed by atoms with E-state index < -0.39 is 0 Å². The van der Waals surface area contributed by atoms with E-state index in [1.165, 1.54) is 0 Å². The summed E-state index contributed by atoms with van der Waals surface area (Å²) >= 11 is 0. The maximum Gasteiger partial charge on any atom is 0.113 e. The number of benzene rings is 1. The molecule has 0 atom stereocenters. The first kappa shape index (κ1) is 11.9. The normalized spacial score (nSPS) is 12.2. The third kappa shape index (κ3) is 2.02. The van der Waals surface area contributed by atoms with E-state index in [1.54, 1.807) is 6.33 Å². The Kier molecular flexibility index (Phi) is 2.64. The maximum absolute atomic E-state index is 5.77.